The van der Waals surface area contributed by atoms with E-state index in [2.05, 4.69) is 57.1 Å². The van der Waals surface area contributed by atoms with Crippen molar-refractivity contribution in [3.05, 3.63) is 53.3 Å². The number of nitrogens with one attached hydrogen (secondary N) is 5. The van der Waals surface area contributed by atoms with E-state index in [1.165, 1.54) is 0 Å². The van der Waals surface area contributed by atoms with E-state index in [-0.39, 0.29) is 17.4 Å². The van der Waals surface area contributed by atoms with Gasteiger partial charge >= 0.3 is 0 Å². The minimum atomic E-state index is -0.224. The highest BCUT2D eigenvalue weighted by Gasteiger charge is 2.32. The monoisotopic (exact) mass is 521 g/mol. The normalized spacial score (nSPS) is 15.9. The number of unbranched alkanes of at least 4 members (excludes halogenated alkanes) is 1. The highest BCUT2D eigenvalue weighted by atomic mass is 16.2. The molecular formula is C29H43N7O2. The smallest absolute Gasteiger partial charge is 0.251 e. The molecule has 2 amide bonds. The molecule has 2 aromatic heterocycles. The van der Waals surface area contributed by atoms with Crippen LogP contribution in [0, 0.1) is 6.92 Å². The molecule has 0 saturated carbocycles. The van der Waals surface area contributed by atoms with Gasteiger partial charge in [-0.3, -0.25) is 19.5 Å². The molecule has 0 aliphatic carbocycles. The van der Waals surface area contributed by atoms with Crippen LogP contribution in [-0.4, -0.2) is 52.4 Å². The Bertz CT molecular complexity index is 1180. The third kappa shape index (κ3) is 8.03. The lowest BCUT2D eigenvalue weighted by atomic mass is 10.0. The number of hydrazine groups is 1. The van der Waals surface area contributed by atoms with Crippen LogP contribution in [0.15, 0.2) is 36.3 Å². The minimum Gasteiger partial charge on any atom is -0.361 e. The molecule has 0 aromatic carbocycles. The Morgan fingerprint density at radius 1 is 1.24 bits per heavy atom. The van der Waals surface area contributed by atoms with E-state index in [0.717, 1.165) is 55.5 Å². The number of H-pyrrole nitrogens is 1. The molecule has 38 heavy (non-hydrogen) atoms. The number of amides is 2. The number of hydrogen-bond acceptors (Lipinski definition) is 6. The van der Waals surface area contributed by atoms with E-state index >= 15 is 0 Å². The van der Waals surface area contributed by atoms with E-state index in [4.69, 9.17) is 0 Å². The van der Waals surface area contributed by atoms with Gasteiger partial charge in [0.1, 0.15) is 0 Å². The summed E-state index contributed by atoms with van der Waals surface area (Å²) >= 11 is 0. The van der Waals surface area contributed by atoms with Crippen molar-refractivity contribution in [3.63, 3.8) is 0 Å². The van der Waals surface area contributed by atoms with E-state index in [0.29, 0.717) is 29.2 Å². The molecule has 1 fully saturated rings. The maximum Gasteiger partial charge on any atom is 0.251 e. The fraction of sp³-hybridized carbons (Fsp3) is 0.483. The summed E-state index contributed by atoms with van der Waals surface area (Å²) in [6, 6.07) is 3.80. The predicted molar refractivity (Wildman–Crippen MR) is 155 cm³/mol. The maximum atomic E-state index is 13.0. The van der Waals surface area contributed by atoms with Crippen LogP contribution in [0.1, 0.15) is 76.8 Å². The number of allylic oxidation sites excluding steroid dienone is 1. The van der Waals surface area contributed by atoms with E-state index in [9.17, 15) is 9.59 Å². The van der Waals surface area contributed by atoms with E-state index < -0.39 is 0 Å². The number of likely N-dealkylation sites (tertiary alicyclic amines) is 1. The molecule has 0 atom stereocenters. The molecule has 1 saturated heterocycles. The van der Waals surface area contributed by atoms with Crippen molar-refractivity contribution in [2.45, 2.75) is 72.3 Å². The Morgan fingerprint density at radius 3 is 2.71 bits per heavy atom. The third-order valence-electron chi connectivity index (χ3n) is 7.01. The number of anilines is 2. The van der Waals surface area contributed by atoms with Crippen LogP contribution in [0.25, 0.3) is 11.6 Å². The van der Waals surface area contributed by atoms with Crippen molar-refractivity contribution in [2.24, 2.45) is 0 Å². The molecule has 3 rings (SSSR count). The molecule has 0 radical (unpaired) electrons. The van der Waals surface area contributed by atoms with E-state index in [1.807, 2.05) is 38.5 Å². The zero-order valence-corrected chi connectivity index (χ0v) is 23.6. The summed E-state index contributed by atoms with van der Waals surface area (Å²) in [7, 11) is 1.83. The zero-order valence-electron chi connectivity index (χ0n) is 23.6. The van der Waals surface area contributed by atoms with Gasteiger partial charge in [0.2, 0.25) is 5.91 Å². The van der Waals surface area contributed by atoms with Gasteiger partial charge in [0, 0.05) is 36.3 Å². The molecule has 0 bridgehead atoms. The Hall–Kier alpha value is -3.43. The first kappa shape index (κ1) is 29.1. The van der Waals surface area contributed by atoms with Crippen LogP contribution >= 0.6 is 0 Å². The van der Waals surface area contributed by atoms with E-state index in [1.54, 1.807) is 19.2 Å². The summed E-state index contributed by atoms with van der Waals surface area (Å²) in [5.41, 5.74) is 11.5. The molecule has 1 aliphatic rings. The number of carbonyl (C=O) groups is 2. The Labute approximate surface area is 226 Å². The average Bonchev–Trinajstić information content (AvgIpc) is 3.46. The largest absolute Gasteiger partial charge is 0.361 e. The van der Waals surface area contributed by atoms with Crippen LogP contribution in [0.3, 0.4) is 0 Å². The van der Waals surface area contributed by atoms with Crippen molar-refractivity contribution in [3.8, 4) is 0 Å². The number of aromatic amines is 1. The van der Waals surface area contributed by atoms with Gasteiger partial charge in [-0.05, 0) is 89.3 Å². The molecule has 0 unspecified atom stereocenters. The molecule has 1 aliphatic heterocycles. The second-order valence-electron chi connectivity index (χ2n) is 10.5. The van der Waals surface area contributed by atoms with Crippen molar-refractivity contribution in [1.82, 2.24) is 25.7 Å². The van der Waals surface area contributed by atoms with Gasteiger partial charge in [-0.1, -0.05) is 13.3 Å². The third-order valence-corrected chi connectivity index (χ3v) is 7.01. The lowest BCUT2D eigenvalue weighted by Gasteiger charge is -2.30. The van der Waals surface area contributed by atoms with Gasteiger partial charge in [-0.15, -0.1) is 0 Å². The first-order valence-electron chi connectivity index (χ1n) is 13.4. The summed E-state index contributed by atoms with van der Waals surface area (Å²) in [5, 5.41) is 5.87. The number of aryl methyl sites for hydroxylation is 1. The fourth-order valence-electron chi connectivity index (χ4n) is 4.59. The number of nitrogens with zero attached hydrogens (tertiary/aromatic N) is 2. The Morgan fingerprint density at radius 2 is 2.03 bits per heavy atom. The van der Waals surface area contributed by atoms with Crippen LogP contribution < -0.4 is 21.5 Å². The zero-order chi connectivity index (χ0) is 27.7. The minimum absolute atomic E-state index is 0.0308. The van der Waals surface area contributed by atoms with Crippen molar-refractivity contribution >= 4 is 34.8 Å². The molecule has 9 heteroatoms. The van der Waals surface area contributed by atoms with Crippen LogP contribution in [-0.2, 0) is 9.59 Å². The quantitative estimate of drug-likeness (QED) is 0.202. The van der Waals surface area contributed by atoms with Crippen LogP contribution in [0.4, 0.5) is 11.4 Å². The second-order valence-corrected chi connectivity index (χ2v) is 10.5. The number of pyridine rings is 1. The van der Waals surface area contributed by atoms with Crippen molar-refractivity contribution in [2.75, 3.05) is 30.8 Å². The lowest BCUT2D eigenvalue weighted by molar-refractivity contribution is -0.118. The van der Waals surface area contributed by atoms with Gasteiger partial charge in [0.15, 0.2) is 0 Å². The van der Waals surface area contributed by atoms with Crippen molar-refractivity contribution in [1.29, 1.82) is 0 Å². The molecular weight excluding hydrogens is 478 g/mol. The van der Waals surface area contributed by atoms with Gasteiger partial charge in [0.05, 0.1) is 29.8 Å². The predicted octanol–water partition coefficient (Wildman–Crippen LogP) is 4.83. The van der Waals surface area contributed by atoms with Crippen LogP contribution in [0.5, 0.6) is 0 Å². The SMILES string of the molecule is CCCC/C(=C\NNC)c1cc(/C=C(\C)C(=O)Nc2cc(NC(=O)CN3CCCC3(C)C)cnc2C)c[nH]1. The summed E-state index contributed by atoms with van der Waals surface area (Å²) < 4.78 is 0. The lowest BCUT2D eigenvalue weighted by Crippen LogP contribution is -2.42. The van der Waals surface area contributed by atoms with Gasteiger partial charge in [0.25, 0.3) is 5.91 Å². The molecule has 9 nitrogen and oxygen atoms in total. The molecule has 5 N–H and O–H groups in total. The van der Waals surface area contributed by atoms with Crippen molar-refractivity contribution < 1.29 is 9.59 Å². The molecule has 206 valence electrons. The standard InChI is InChI=1S/C29H43N7O2/c1-7-8-10-23(17-33-30-6)26-14-22(16-32-26)13-20(2)28(38)35-25-15-24(18-31-21(25)3)34-27(37)19-36-12-9-11-29(36,4)5/h13-18,30,32-33H,7-12,19H2,1-6H3,(H,34,37)(H,35,38)/b20-13+,23-17+. The molecule has 0 spiro atoms. The topological polar surface area (TPSA) is 114 Å². The second kappa shape index (κ2) is 13.4. The molecule has 2 aromatic rings. The molecule has 3 heterocycles. The summed E-state index contributed by atoms with van der Waals surface area (Å²) in [4.78, 5) is 35.5. The first-order valence-corrected chi connectivity index (χ1v) is 13.4. The fourth-order valence-corrected chi connectivity index (χ4v) is 4.59. The number of rotatable bonds is 12. The van der Waals surface area contributed by atoms with Gasteiger partial charge < -0.3 is 21.0 Å². The summed E-state index contributed by atoms with van der Waals surface area (Å²) in [6.45, 7) is 11.4. The number of hydrogen-bond donors (Lipinski definition) is 5. The number of aromatic nitrogens is 2. The number of carbonyl (C=O) groups excluding carboxylic acids is 2. The highest BCUT2D eigenvalue weighted by Crippen LogP contribution is 2.28. The highest BCUT2D eigenvalue weighted by molar-refractivity contribution is 6.07. The average molecular weight is 522 g/mol. The maximum absolute atomic E-state index is 13.0. The summed E-state index contributed by atoms with van der Waals surface area (Å²) in [5.74, 6) is -0.307. The van der Waals surface area contributed by atoms with Gasteiger partial charge in [-0.2, -0.15) is 0 Å². The Kier molecular flexibility index (Phi) is 10.3. The Balaban J connectivity index is 1.65. The summed E-state index contributed by atoms with van der Waals surface area (Å²) in [6.07, 6.45) is 12.7. The first-order chi connectivity index (χ1) is 18.1. The van der Waals surface area contributed by atoms with Crippen LogP contribution in [0.2, 0.25) is 0 Å². The van der Waals surface area contributed by atoms with Gasteiger partial charge in [-0.25, -0.2) is 5.43 Å².